The summed E-state index contributed by atoms with van der Waals surface area (Å²) < 4.78 is 7.87. The average molecular weight is 590 g/mol. The molecule has 0 saturated heterocycles. The zero-order valence-electron chi connectivity index (χ0n) is 25.8. The molecule has 46 heavy (non-hydrogen) atoms. The van der Waals surface area contributed by atoms with E-state index in [4.69, 9.17) is 4.74 Å². The SMILES string of the molecule is COc1ccc2cc(-c3c4ccccc4c(-c4ccc(-n5c6ccccc6c6ccccc65)cc4)c4cc(C)ccc34)ccc2c1. The lowest BCUT2D eigenvalue weighted by molar-refractivity contribution is 0.415. The average Bonchev–Trinajstić information content (AvgIpc) is 3.44. The monoisotopic (exact) mass is 589 g/mol. The fourth-order valence-corrected chi connectivity index (χ4v) is 7.40. The van der Waals surface area contributed by atoms with Gasteiger partial charge in [-0.1, -0.05) is 115 Å². The number of methoxy groups -OCH3 is 1. The number of aryl methyl sites for hydroxylation is 1. The molecular formula is C44H31NO. The first kappa shape index (κ1) is 26.5. The predicted molar refractivity (Wildman–Crippen MR) is 195 cm³/mol. The van der Waals surface area contributed by atoms with Gasteiger partial charge in [-0.3, -0.25) is 0 Å². The van der Waals surface area contributed by atoms with E-state index >= 15 is 0 Å². The number of aromatic nitrogens is 1. The Labute approximate surface area is 267 Å². The summed E-state index contributed by atoms with van der Waals surface area (Å²) in [6.45, 7) is 2.19. The molecule has 9 rings (SSSR count). The maximum absolute atomic E-state index is 5.48. The van der Waals surface area contributed by atoms with E-state index in [1.54, 1.807) is 7.11 Å². The standard InChI is InChI=1S/C44H31NO/c1-28-15-24-39-40(25-28)43(29-18-21-33(22-19-29)45-41-13-7-5-9-35(41)36-10-6-8-14-42(36)45)37-11-3-4-12-38(37)44(39)32-17-16-31-27-34(46-2)23-20-30(31)26-32/h3-27H,1-2H3. The molecule has 0 atom stereocenters. The third-order valence-electron chi connectivity index (χ3n) is 9.51. The molecule has 0 bridgehead atoms. The highest BCUT2D eigenvalue weighted by Gasteiger charge is 2.18. The van der Waals surface area contributed by atoms with E-state index in [1.807, 2.05) is 6.07 Å². The number of fused-ring (bicyclic) bond motifs is 6. The van der Waals surface area contributed by atoms with Gasteiger partial charge < -0.3 is 9.30 Å². The molecule has 0 aliphatic carbocycles. The summed E-state index contributed by atoms with van der Waals surface area (Å²) in [7, 11) is 1.72. The zero-order chi connectivity index (χ0) is 30.8. The van der Waals surface area contributed by atoms with Crippen molar-refractivity contribution in [3.05, 3.63) is 157 Å². The Bertz CT molecular complexity index is 2570. The van der Waals surface area contributed by atoms with Gasteiger partial charge in [0.25, 0.3) is 0 Å². The second-order valence-corrected chi connectivity index (χ2v) is 12.2. The summed E-state index contributed by atoms with van der Waals surface area (Å²) in [5.41, 5.74) is 9.84. The molecule has 0 radical (unpaired) electrons. The highest BCUT2D eigenvalue weighted by Crippen LogP contribution is 2.45. The van der Waals surface area contributed by atoms with E-state index in [0.29, 0.717) is 0 Å². The lowest BCUT2D eigenvalue weighted by Crippen LogP contribution is -1.95. The molecule has 0 aliphatic rings. The van der Waals surface area contributed by atoms with Crippen LogP contribution in [-0.4, -0.2) is 11.7 Å². The molecule has 0 unspecified atom stereocenters. The molecule has 0 aliphatic heterocycles. The minimum Gasteiger partial charge on any atom is -0.497 e. The van der Waals surface area contributed by atoms with Crippen LogP contribution in [0.4, 0.5) is 0 Å². The molecule has 218 valence electrons. The maximum Gasteiger partial charge on any atom is 0.119 e. The van der Waals surface area contributed by atoms with Crippen molar-refractivity contribution < 1.29 is 4.74 Å². The van der Waals surface area contributed by atoms with Crippen molar-refractivity contribution in [2.75, 3.05) is 7.11 Å². The molecule has 2 heteroatoms. The maximum atomic E-state index is 5.48. The van der Waals surface area contributed by atoms with Gasteiger partial charge in [-0.2, -0.15) is 0 Å². The van der Waals surface area contributed by atoms with E-state index in [2.05, 4.69) is 157 Å². The molecule has 2 nitrogen and oxygen atoms in total. The van der Waals surface area contributed by atoms with Crippen molar-refractivity contribution in [2.45, 2.75) is 6.92 Å². The number of benzene rings is 8. The van der Waals surface area contributed by atoms with Crippen molar-refractivity contribution in [3.63, 3.8) is 0 Å². The van der Waals surface area contributed by atoms with Gasteiger partial charge in [-0.25, -0.2) is 0 Å². The van der Waals surface area contributed by atoms with Crippen LogP contribution in [-0.2, 0) is 0 Å². The van der Waals surface area contributed by atoms with Crippen LogP contribution in [0.25, 0.3) is 82.1 Å². The fraction of sp³-hybridized carbons (Fsp3) is 0.0455. The summed E-state index contributed by atoms with van der Waals surface area (Å²) in [5.74, 6) is 0.875. The first-order chi connectivity index (χ1) is 22.7. The van der Waals surface area contributed by atoms with E-state index in [9.17, 15) is 0 Å². The lowest BCUT2D eigenvalue weighted by atomic mass is 9.85. The van der Waals surface area contributed by atoms with Crippen LogP contribution in [0.1, 0.15) is 5.56 Å². The second-order valence-electron chi connectivity index (χ2n) is 12.2. The first-order valence-corrected chi connectivity index (χ1v) is 15.8. The van der Waals surface area contributed by atoms with Crippen LogP contribution in [0, 0.1) is 6.92 Å². The first-order valence-electron chi connectivity index (χ1n) is 15.8. The summed E-state index contributed by atoms with van der Waals surface area (Å²) in [4.78, 5) is 0. The molecule has 0 spiro atoms. The van der Waals surface area contributed by atoms with Gasteiger partial charge in [0.1, 0.15) is 5.75 Å². The van der Waals surface area contributed by atoms with Crippen molar-refractivity contribution in [3.8, 4) is 33.7 Å². The molecule has 0 amide bonds. The highest BCUT2D eigenvalue weighted by atomic mass is 16.5. The highest BCUT2D eigenvalue weighted by molar-refractivity contribution is 6.22. The van der Waals surface area contributed by atoms with Gasteiger partial charge in [0, 0.05) is 16.5 Å². The molecule has 0 N–H and O–H groups in total. The van der Waals surface area contributed by atoms with Crippen LogP contribution >= 0.6 is 0 Å². The summed E-state index contributed by atoms with van der Waals surface area (Å²) >= 11 is 0. The van der Waals surface area contributed by atoms with Crippen LogP contribution in [0.3, 0.4) is 0 Å². The minimum absolute atomic E-state index is 0.875. The Morgan fingerprint density at radius 1 is 0.435 bits per heavy atom. The van der Waals surface area contributed by atoms with Crippen molar-refractivity contribution >= 4 is 54.1 Å². The van der Waals surface area contributed by atoms with E-state index in [-0.39, 0.29) is 0 Å². The van der Waals surface area contributed by atoms with Gasteiger partial charge in [0.15, 0.2) is 0 Å². The fourth-order valence-electron chi connectivity index (χ4n) is 7.40. The number of nitrogens with zero attached hydrogens (tertiary/aromatic N) is 1. The van der Waals surface area contributed by atoms with E-state index in [1.165, 1.54) is 81.9 Å². The second kappa shape index (κ2) is 10.4. The topological polar surface area (TPSA) is 14.2 Å². The van der Waals surface area contributed by atoms with Gasteiger partial charge >= 0.3 is 0 Å². The molecule has 1 heterocycles. The smallest absolute Gasteiger partial charge is 0.119 e. The van der Waals surface area contributed by atoms with Gasteiger partial charge in [0.2, 0.25) is 0 Å². The third-order valence-corrected chi connectivity index (χ3v) is 9.51. The Hall–Kier alpha value is -5.86. The predicted octanol–water partition coefficient (Wildman–Crippen LogP) is 11.9. The van der Waals surface area contributed by atoms with Crippen LogP contribution in [0.15, 0.2) is 152 Å². The molecule has 9 aromatic rings. The number of ether oxygens (including phenoxy) is 1. The van der Waals surface area contributed by atoms with Gasteiger partial charge in [0.05, 0.1) is 18.1 Å². The lowest BCUT2D eigenvalue weighted by Gasteiger charge is -2.19. The number of rotatable bonds is 4. The summed E-state index contributed by atoms with van der Waals surface area (Å²) in [5, 5.41) is 9.98. The van der Waals surface area contributed by atoms with Gasteiger partial charge in [-0.15, -0.1) is 0 Å². The quantitative estimate of drug-likeness (QED) is 0.186. The normalized spacial score (nSPS) is 11.7. The molecule has 1 aromatic heterocycles. The van der Waals surface area contributed by atoms with Crippen LogP contribution < -0.4 is 4.74 Å². The Morgan fingerprint density at radius 2 is 0.978 bits per heavy atom. The van der Waals surface area contributed by atoms with E-state index in [0.717, 1.165) is 11.4 Å². The minimum atomic E-state index is 0.875. The Balaban J connectivity index is 1.27. The molecule has 0 saturated carbocycles. The summed E-state index contributed by atoms with van der Waals surface area (Å²) in [6, 6.07) is 55.4. The van der Waals surface area contributed by atoms with E-state index < -0.39 is 0 Å². The van der Waals surface area contributed by atoms with Crippen LogP contribution in [0.2, 0.25) is 0 Å². The van der Waals surface area contributed by atoms with Gasteiger partial charge in [-0.05, 0) is 104 Å². The molecule has 0 fully saturated rings. The number of hydrogen-bond acceptors (Lipinski definition) is 1. The third kappa shape index (κ3) is 4.04. The number of para-hydroxylation sites is 2. The van der Waals surface area contributed by atoms with Crippen LogP contribution in [0.5, 0.6) is 5.75 Å². The summed E-state index contributed by atoms with van der Waals surface area (Å²) in [6.07, 6.45) is 0. The Kier molecular flexibility index (Phi) is 5.97. The van der Waals surface area contributed by atoms with Crippen molar-refractivity contribution in [1.29, 1.82) is 0 Å². The van der Waals surface area contributed by atoms with Crippen molar-refractivity contribution in [1.82, 2.24) is 4.57 Å². The van der Waals surface area contributed by atoms with Crippen molar-refractivity contribution in [2.24, 2.45) is 0 Å². The number of hydrogen-bond donors (Lipinski definition) is 0. The Morgan fingerprint density at radius 3 is 1.65 bits per heavy atom. The molecular weight excluding hydrogens is 558 g/mol. The molecule has 8 aromatic carbocycles. The zero-order valence-corrected chi connectivity index (χ0v) is 25.8. The largest absolute Gasteiger partial charge is 0.497 e.